The SMILES string of the molecule is C=CC(=O)N1CC(CN2C(=O)O[C@H](C)C2C(=O)N[C@H]2Cc3cccc(c3)-c3ccc4c(c3)c(c(-c3cccnc3[C@H](C)OC)n4CC)CC(C)(C)COC(=O)[C@@H]3CCCN(N3)C2=O)C1. The van der Waals surface area contributed by atoms with Crippen molar-refractivity contribution in [3.05, 3.63) is 90.3 Å². The molecule has 4 aliphatic rings. The van der Waals surface area contributed by atoms with Crippen molar-refractivity contribution in [2.45, 2.75) is 97.2 Å². The first-order valence-corrected chi connectivity index (χ1v) is 22.4. The minimum absolute atomic E-state index is 0.0491. The van der Waals surface area contributed by atoms with Crippen molar-refractivity contribution >= 4 is 40.7 Å². The molecule has 0 aliphatic carbocycles. The zero-order valence-corrected chi connectivity index (χ0v) is 37.6. The van der Waals surface area contributed by atoms with Crippen LogP contribution in [0.2, 0.25) is 0 Å². The summed E-state index contributed by atoms with van der Waals surface area (Å²) in [4.78, 5) is 75.9. The number of methoxy groups -OCH3 is 1. The number of benzene rings is 2. The van der Waals surface area contributed by atoms with Gasteiger partial charge in [0.2, 0.25) is 11.8 Å². The molecule has 4 amide bonds. The second-order valence-electron chi connectivity index (χ2n) is 18.3. The molecule has 1 unspecified atom stereocenters. The number of carbonyl (C=O) groups excluding carboxylic acids is 5. The van der Waals surface area contributed by atoms with E-state index >= 15 is 0 Å². The van der Waals surface area contributed by atoms with Crippen LogP contribution in [0.15, 0.2) is 73.4 Å². The molecule has 2 aromatic carbocycles. The topological polar surface area (TPSA) is 165 Å². The molecule has 4 aromatic rings. The van der Waals surface area contributed by atoms with Gasteiger partial charge in [-0.3, -0.25) is 34.1 Å². The number of aromatic nitrogens is 2. The van der Waals surface area contributed by atoms with Crippen LogP contribution in [0.25, 0.3) is 33.3 Å². The molecule has 2 N–H and O–H groups in total. The van der Waals surface area contributed by atoms with E-state index in [1.165, 1.54) is 16.0 Å². The summed E-state index contributed by atoms with van der Waals surface area (Å²) in [7, 11) is 1.68. The second kappa shape index (κ2) is 18.2. The van der Waals surface area contributed by atoms with Gasteiger partial charge in [-0.25, -0.2) is 10.2 Å². The highest BCUT2D eigenvalue weighted by molar-refractivity contribution is 5.96. The van der Waals surface area contributed by atoms with E-state index in [0.717, 1.165) is 50.1 Å². The van der Waals surface area contributed by atoms with Crippen LogP contribution in [0.3, 0.4) is 0 Å². The van der Waals surface area contributed by atoms with Crippen LogP contribution >= 0.6 is 0 Å². The Labute approximate surface area is 374 Å². The standard InChI is InChI=1S/C49H59N7O8/c1-8-41(57)53-25-32(26-53)27-55-43(30(4)64-48(55)61)45(58)51-39-22-31-13-10-14-33(21-31)34-17-18-40-36(23-34)37(44(54(40)9-2)35-15-11-19-50-42(35)29(3)62-7)24-49(5,6)28-63-47(60)38-16-12-20-56(52-38)46(39)59/h8,10-11,13-15,17-19,21,23,29-30,32,38-39,43,52H,1,9,12,16,20,22,24-28H2,2-7H3,(H,51,58)/t29-,30+,38-,39-,43?/m0/s1. The number of likely N-dealkylation sites (tertiary alicyclic amines) is 1. The van der Waals surface area contributed by atoms with Crippen molar-refractivity contribution in [2.24, 2.45) is 11.3 Å². The van der Waals surface area contributed by atoms with E-state index in [2.05, 4.69) is 66.9 Å². The van der Waals surface area contributed by atoms with Crippen molar-refractivity contribution in [2.75, 3.05) is 39.9 Å². The smallest absolute Gasteiger partial charge is 0.410 e. The number of amides is 4. The van der Waals surface area contributed by atoms with E-state index in [1.54, 1.807) is 25.1 Å². The number of hydrogen-bond donors (Lipinski definition) is 2. The highest BCUT2D eigenvalue weighted by Gasteiger charge is 2.47. The predicted molar refractivity (Wildman–Crippen MR) is 240 cm³/mol. The number of carbonyl (C=O) groups is 5. The maximum absolute atomic E-state index is 14.6. The Bertz CT molecular complexity index is 2480. The van der Waals surface area contributed by atoms with E-state index < -0.39 is 53.5 Å². The van der Waals surface area contributed by atoms with E-state index in [0.29, 0.717) is 45.4 Å². The van der Waals surface area contributed by atoms with Crippen LogP contribution in [0, 0.1) is 11.3 Å². The van der Waals surface area contributed by atoms with Crippen LogP contribution in [0.4, 0.5) is 4.79 Å². The van der Waals surface area contributed by atoms with E-state index in [1.807, 2.05) is 37.3 Å². The molecule has 3 fully saturated rings. The molecule has 8 rings (SSSR count). The number of cyclic esters (lactones) is 2. The number of fused-ring (bicyclic) bond motifs is 6. The fourth-order valence-corrected chi connectivity index (χ4v) is 9.72. The fourth-order valence-electron chi connectivity index (χ4n) is 9.72. The number of pyridine rings is 1. The van der Waals surface area contributed by atoms with Gasteiger partial charge in [-0.15, -0.1) is 0 Å². The van der Waals surface area contributed by atoms with Gasteiger partial charge < -0.3 is 29.0 Å². The number of aryl methyl sites for hydroxylation is 1. The summed E-state index contributed by atoms with van der Waals surface area (Å²) in [6.07, 6.45) is 3.09. The monoisotopic (exact) mass is 873 g/mol. The molecule has 64 heavy (non-hydrogen) atoms. The molecule has 338 valence electrons. The van der Waals surface area contributed by atoms with Crippen molar-refractivity contribution in [3.63, 3.8) is 0 Å². The van der Waals surface area contributed by atoms with Gasteiger partial charge in [0, 0.05) is 80.3 Å². The Hall–Kier alpha value is -6.06. The average Bonchev–Trinajstić information content (AvgIpc) is 3.75. The van der Waals surface area contributed by atoms with Crippen molar-refractivity contribution in [1.82, 2.24) is 35.1 Å². The first-order chi connectivity index (χ1) is 30.7. The molecule has 3 saturated heterocycles. The number of hydrazine groups is 1. The number of nitrogens with zero attached hydrogens (tertiary/aromatic N) is 5. The summed E-state index contributed by atoms with van der Waals surface area (Å²) in [5, 5.41) is 5.49. The lowest BCUT2D eigenvalue weighted by Gasteiger charge is -2.41. The van der Waals surface area contributed by atoms with Gasteiger partial charge in [-0.1, -0.05) is 50.8 Å². The Morgan fingerprint density at radius 2 is 1.88 bits per heavy atom. The highest BCUT2D eigenvalue weighted by Crippen LogP contribution is 2.42. The van der Waals surface area contributed by atoms with Crippen LogP contribution in [0.5, 0.6) is 0 Å². The molecule has 6 bridgehead atoms. The lowest BCUT2D eigenvalue weighted by Crippen LogP contribution is -2.62. The van der Waals surface area contributed by atoms with Crippen LogP contribution in [0.1, 0.15) is 70.4 Å². The molecule has 0 radical (unpaired) electrons. The minimum atomic E-state index is -1.07. The summed E-state index contributed by atoms with van der Waals surface area (Å²) < 4.78 is 19.8. The van der Waals surface area contributed by atoms with Crippen molar-refractivity contribution < 1.29 is 38.2 Å². The van der Waals surface area contributed by atoms with Gasteiger partial charge in [0.25, 0.3) is 5.91 Å². The average molecular weight is 874 g/mol. The van der Waals surface area contributed by atoms with Gasteiger partial charge >= 0.3 is 12.1 Å². The van der Waals surface area contributed by atoms with E-state index in [9.17, 15) is 24.0 Å². The number of hydrogen-bond acceptors (Lipinski definition) is 10. The van der Waals surface area contributed by atoms with E-state index in [4.69, 9.17) is 19.2 Å². The van der Waals surface area contributed by atoms with Gasteiger partial charge in [-0.05, 0) is 92.6 Å². The molecule has 0 saturated carbocycles. The third-order valence-corrected chi connectivity index (χ3v) is 13.1. The predicted octanol–water partition coefficient (Wildman–Crippen LogP) is 5.60. The van der Waals surface area contributed by atoms with Gasteiger partial charge in [0.15, 0.2) is 6.04 Å². The van der Waals surface area contributed by atoms with E-state index in [-0.39, 0.29) is 37.5 Å². The first-order valence-electron chi connectivity index (χ1n) is 22.4. The molecule has 6 heterocycles. The van der Waals surface area contributed by atoms with Crippen LogP contribution in [-0.4, -0.2) is 118 Å². The van der Waals surface area contributed by atoms with Crippen LogP contribution in [-0.2, 0) is 52.8 Å². The Balaban J connectivity index is 1.18. The first kappa shape index (κ1) is 44.5. The zero-order chi connectivity index (χ0) is 45.4. The summed E-state index contributed by atoms with van der Waals surface area (Å²) in [5.74, 6) is -1.65. The number of rotatable bonds is 9. The third-order valence-electron chi connectivity index (χ3n) is 13.1. The summed E-state index contributed by atoms with van der Waals surface area (Å²) in [6.45, 7) is 15.7. The molecular formula is C49H59N7O8. The number of ether oxygens (including phenoxy) is 3. The van der Waals surface area contributed by atoms with Gasteiger partial charge in [0.1, 0.15) is 18.2 Å². The van der Waals surface area contributed by atoms with Gasteiger partial charge in [0.05, 0.1) is 24.1 Å². The Kier molecular flexibility index (Phi) is 12.7. The Morgan fingerprint density at radius 1 is 1.09 bits per heavy atom. The second-order valence-corrected chi connectivity index (χ2v) is 18.3. The quantitative estimate of drug-likeness (QED) is 0.160. The zero-order valence-electron chi connectivity index (χ0n) is 37.6. The van der Waals surface area contributed by atoms with Crippen LogP contribution < -0.4 is 10.7 Å². The molecular weight excluding hydrogens is 815 g/mol. The normalized spacial score (nSPS) is 23.2. The highest BCUT2D eigenvalue weighted by atomic mass is 16.6. The maximum Gasteiger partial charge on any atom is 0.410 e. The molecule has 15 nitrogen and oxygen atoms in total. The lowest BCUT2D eigenvalue weighted by atomic mass is 9.84. The molecule has 15 heteroatoms. The summed E-state index contributed by atoms with van der Waals surface area (Å²) >= 11 is 0. The summed E-state index contributed by atoms with van der Waals surface area (Å²) in [5.41, 5.74) is 10.4. The molecule has 2 aromatic heterocycles. The maximum atomic E-state index is 14.6. The third kappa shape index (κ3) is 8.75. The summed E-state index contributed by atoms with van der Waals surface area (Å²) in [6, 6.07) is 15.6. The minimum Gasteiger partial charge on any atom is -0.464 e. The number of nitrogens with one attached hydrogen (secondary N) is 2. The van der Waals surface area contributed by atoms with Crippen molar-refractivity contribution in [3.8, 4) is 22.4 Å². The van der Waals surface area contributed by atoms with Gasteiger partial charge in [-0.2, -0.15) is 0 Å². The Morgan fingerprint density at radius 3 is 2.62 bits per heavy atom. The fraction of sp³-hybridized carbons (Fsp3) is 0.469. The lowest BCUT2D eigenvalue weighted by molar-refractivity contribution is -0.155. The molecule has 4 aliphatic heterocycles. The number of esters is 1. The largest absolute Gasteiger partial charge is 0.464 e. The molecule has 0 spiro atoms. The molecule has 5 atom stereocenters. The van der Waals surface area contributed by atoms with Crippen molar-refractivity contribution in [1.29, 1.82) is 0 Å².